The van der Waals surface area contributed by atoms with Crippen molar-refractivity contribution in [2.75, 3.05) is 13.1 Å². The maximum atomic E-state index is 6.40. The van der Waals surface area contributed by atoms with E-state index >= 15 is 0 Å². The molecule has 0 bridgehead atoms. The summed E-state index contributed by atoms with van der Waals surface area (Å²) in [5.74, 6) is 0. The van der Waals surface area contributed by atoms with E-state index in [1.54, 1.807) is 0 Å². The van der Waals surface area contributed by atoms with Crippen LogP contribution in [-0.2, 0) is 4.74 Å². The van der Waals surface area contributed by atoms with Gasteiger partial charge in [-0.3, -0.25) is 0 Å². The van der Waals surface area contributed by atoms with Gasteiger partial charge in [0.25, 0.3) is 0 Å². The fourth-order valence-corrected chi connectivity index (χ4v) is 4.61. The first-order valence-electron chi connectivity index (χ1n) is 6.52. The second-order valence-electron chi connectivity index (χ2n) is 5.26. The Bertz CT molecular complexity index is 423. The minimum absolute atomic E-state index is 0.0267. The number of thiophene rings is 1. The van der Waals surface area contributed by atoms with Crippen molar-refractivity contribution in [3.63, 3.8) is 0 Å². The predicted octanol–water partition coefficient (Wildman–Crippen LogP) is 4.42. The van der Waals surface area contributed by atoms with Gasteiger partial charge in [-0.05, 0) is 18.9 Å². The normalized spacial score (nSPS) is 27.6. The van der Waals surface area contributed by atoms with Gasteiger partial charge in [-0.1, -0.05) is 42.5 Å². The van der Waals surface area contributed by atoms with E-state index in [9.17, 15) is 0 Å². The molecule has 2 aliphatic rings. The lowest BCUT2D eigenvalue weighted by Gasteiger charge is -2.44. The topological polar surface area (TPSA) is 21.3 Å². The Balaban J connectivity index is 1.79. The van der Waals surface area contributed by atoms with Crippen molar-refractivity contribution >= 4 is 34.5 Å². The highest BCUT2D eigenvalue weighted by Gasteiger charge is 2.39. The number of hydrogen-bond acceptors (Lipinski definition) is 3. The molecule has 1 unspecified atom stereocenters. The van der Waals surface area contributed by atoms with Crippen molar-refractivity contribution < 1.29 is 4.74 Å². The average Bonchev–Trinajstić information content (AvgIpc) is 2.69. The van der Waals surface area contributed by atoms with Gasteiger partial charge in [0.15, 0.2) is 0 Å². The Morgan fingerprint density at radius 2 is 2.06 bits per heavy atom. The van der Waals surface area contributed by atoms with Crippen LogP contribution in [0.5, 0.6) is 0 Å². The molecule has 0 radical (unpaired) electrons. The first kappa shape index (κ1) is 13.2. The molecule has 2 nitrogen and oxygen atoms in total. The van der Waals surface area contributed by atoms with Gasteiger partial charge in [-0.2, -0.15) is 0 Å². The minimum atomic E-state index is 0.0267. The molecule has 0 amide bonds. The third-order valence-electron chi connectivity index (χ3n) is 3.96. The van der Waals surface area contributed by atoms with Gasteiger partial charge < -0.3 is 10.1 Å². The summed E-state index contributed by atoms with van der Waals surface area (Å²) in [6.07, 6.45) is 6.24. The molecule has 100 valence electrons. The molecule has 2 fully saturated rings. The van der Waals surface area contributed by atoms with Gasteiger partial charge in [-0.25, -0.2) is 0 Å². The van der Waals surface area contributed by atoms with Gasteiger partial charge in [0, 0.05) is 18.7 Å². The first-order valence-corrected chi connectivity index (χ1v) is 8.09. The molecule has 0 aromatic carbocycles. The molecule has 3 rings (SSSR count). The summed E-state index contributed by atoms with van der Waals surface area (Å²) < 4.78 is 7.90. The Labute approximate surface area is 122 Å². The van der Waals surface area contributed by atoms with Gasteiger partial charge in [0.2, 0.25) is 0 Å². The molecule has 1 aliphatic heterocycles. The van der Waals surface area contributed by atoms with Crippen molar-refractivity contribution in [3.8, 4) is 0 Å². The summed E-state index contributed by atoms with van der Waals surface area (Å²) >= 11 is 13.7. The molecule has 1 spiro atoms. The lowest BCUT2D eigenvalue weighted by molar-refractivity contribution is -0.135. The Kier molecular flexibility index (Phi) is 3.88. The lowest BCUT2D eigenvalue weighted by atomic mass is 9.83. The Morgan fingerprint density at radius 1 is 1.28 bits per heavy atom. The average molecular weight is 306 g/mol. The summed E-state index contributed by atoms with van der Waals surface area (Å²) in [5, 5.41) is 3.51. The zero-order valence-electron chi connectivity index (χ0n) is 10.2. The molecule has 1 atom stereocenters. The number of ether oxygens (including phenoxy) is 1. The van der Waals surface area contributed by atoms with Gasteiger partial charge in [0.1, 0.15) is 4.34 Å². The van der Waals surface area contributed by atoms with Crippen LogP contribution in [0.3, 0.4) is 0 Å². The smallest absolute Gasteiger partial charge is 0.100 e. The van der Waals surface area contributed by atoms with Crippen LogP contribution in [0.4, 0.5) is 0 Å². The van der Waals surface area contributed by atoms with Crippen LogP contribution in [0.1, 0.15) is 43.8 Å². The van der Waals surface area contributed by atoms with E-state index in [0.717, 1.165) is 40.2 Å². The summed E-state index contributed by atoms with van der Waals surface area (Å²) in [6.45, 7) is 1.80. The van der Waals surface area contributed by atoms with E-state index in [0.29, 0.717) is 0 Å². The predicted molar refractivity (Wildman–Crippen MR) is 76.9 cm³/mol. The molecule has 1 aromatic heterocycles. The number of hydrogen-bond donors (Lipinski definition) is 1. The molecule has 2 heterocycles. The van der Waals surface area contributed by atoms with E-state index in [4.69, 9.17) is 27.9 Å². The van der Waals surface area contributed by atoms with Crippen LogP contribution in [-0.4, -0.2) is 18.7 Å². The van der Waals surface area contributed by atoms with Gasteiger partial charge >= 0.3 is 0 Å². The Morgan fingerprint density at radius 3 is 2.72 bits per heavy atom. The molecule has 1 N–H and O–H groups in total. The minimum Gasteiger partial charge on any atom is -0.364 e. The standard InChI is InChI=1S/C13H17Cl2NOS/c14-11-6-9(12(15)18-11)10-7-16-8-13(17-10)4-2-1-3-5-13/h6,10,16H,1-5,7-8H2. The van der Waals surface area contributed by atoms with Crippen LogP contribution in [0.2, 0.25) is 8.67 Å². The summed E-state index contributed by atoms with van der Waals surface area (Å²) in [6, 6.07) is 1.95. The van der Waals surface area contributed by atoms with E-state index in [1.165, 1.54) is 30.6 Å². The highest BCUT2D eigenvalue weighted by Crippen LogP contribution is 2.42. The van der Waals surface area contributed by atoms with Crippen molar-refractivity contribution in [2.24, 2.45) is 0 Å². The van der Waals surface area contributed by atoms with Crippen LogP contribution < -0.4 is 5.32 Å². The summed E-state index contributed by atoms with van der Waals surface area (Å²) in [7, 11) is 0. The van der Waals surface area contributed by atoms with Crippen molar-refractivity contribution in [1.29, 1.82) is 0 Å². The van der Waals surface area contributed by atoms with Crippen LogP contribution in [0.25, 0.3) is 0 Å². The molecule has 5 heteroatoms. The van der Waals surface area contributed by atoms with E-state index in [2.05, 4.69) is 5.32 Å². The summed E-state index contributed by atoms with van der Waals surface area (Å²) in [4.78, 5) is 0. The molecule has 1 aromatic rings. The monoisotopic (exact) mass is 305 g/mol. The van der Waals surface area contributed by atoms with E-state index < -0.39 is 0 Å². The van der Waals surface area contributed by atoms with Gasteiger partial charge in [0.05, 0.1) is 16.0 Å². The zero-order chi connectivity index (χ0) is 12.6. The van der Waals surface area contributed by atoms with Crippen LogP contribution in [0.15, 0.2) is 6.07 Å². The number of morpholine rings is 1. The second kappa shape index (κ2) is 5.29. The molecule has 1 saturated heterocycles. The lowest BCUT2D eigenvalue weighted by Crippen LogP contribution is -2.51. The maximum absolute atomic E-state index is 6.40. The van der Waals surface area contributed by atoms with Crippen LogP contribution in [0, 0.1) is 0 Å². The highest BCUT2D eigenvalue weighted by atomic mass is 35.5. The van der Waals surface area contributed by atoms with E-state index in [-0.39, 0.29) is 11.7 Å². The van der Waals surface area contributed by atoms with Crippen LogP contribution >= 0.6 is 34.5 Å². The molecular weight excluding hydrogens is 289 g/mol. The second-order valence-corrected chi connectivity index (χ2v) is 7.55. The molecule has 1 aliphatic carbocycles. The zero-order valence-corrected chi connectivity index (χ0v) is 12.5. The fourth-order valence-electron chi connectivity index (χ4n) is 3.05. The molecular formula is C13H17Cl2NOS. The number of halogens is 2. The first-order chi connectivity index (χ1) is 8.69. The summed E-state index contributed by atoms with van der Waals surface area (Å²) in [5.41, 5.74) is 1.07. The highest BCUT2D eigenvalue weighted by molar-refractivity contribution is 7.20. The number of rotatable bonds is 1. The quantitative estimate of drug-likeness (QED) is 0.829. The number of nitrogens with one attached hydrogen (secondary N) is 1. The fraction of sp³-hybridized carbons (Fsp3) is 0.692. The van der Waals surface area contributed by atoms with E-state index in [1.807, 2.05) is 6.07 Å². The SMILES string of the molecule is Clc1cc(C2CNCC3(CCCCC3)O2)c(Cl)s1. The molecule has 1 saturated carbocycles. The van der Waals surface area contributed by atoms with Crippen molar-refractivity contribution in [2.45, 2.75) is 43.8 Å². The third-order valence-corrected chi connectivity index (χ3v) is 5.48. The van der Waals surface area contributed by atoms with Crippen molar-refractivity contribution in [3.05, 3.63) is 20.3 Å². The van der Waals surface area contributed by atoms with Gasteiger partial charge in [-0.15, -0.1) is 11.3 Å². The Hall–Kier alpha value is 0.200. The molecule has 18 heavy (non-hydrogen) atoms. The largest absolute Gasteiger partial charge is 0.364 e. The van der Waals surface area contributed by atoms with Crippen molar-refractivity contribution in [1.82, 2.24) is 5.32 Å². The third kappa shape index (κ3) is 2.56. The maximum Gasteiger partial charge on any atom is 0.100 e.